The number of hydrogen-bond acceptors (Lipinski definition) is 3. The van der Waals surface area contributed by atoms with Crippen molar-refractivity contribution in [2.24, 2.45) is 5.92 Å². The van der Waals surface area contributed by atoms with E-state index in [4.69, 9.17) is 0 Å². The number of benzene rings is 1. The molecule has 5 heteroatoms. The topological polar surface area (TPSA) is 69.6 Å². The number of carbonyl (C=O) groups excluding carboxylic acids is 2. The van der Waals surface area contributed by atoms with Crippen molar-refractivity contribution in [3.05, 3.63) is 23.8 Å². The van der Waals surface area contributed by atoms with E-state index < -0.39 is 0 Å². The van der Waals surface area contributed by atoms with Gasteiger partial charge in [-0.05, 0) is 37.0 Å². The monoisotopic (exact) mass is 262 g/mol. The van der Waals surface area contributed by atoms with Gasteiger partial charge in [0.05, 0.1) is 5.56 Å². The van der Waals surface area contributed by atoms with Gasteiger partial charge in [-0.1, -0.05) is 0 Å². The predicted octanol–water partition coefficient (Wildman–Crippen LogP) is 1.83. The average molecular weight is 262 g/mol. The predicted molar refractivity (Wildman–Crippen MR) is 72.1 cm³/mol. The minimum atomic E-state index is -0.225. The fourth-order valence-corrected chi connectivity index (χ4v) is 1.96. The maximum absolute atomic E-state index is 12.2. The Balaban J connectivity index is 2.16. The van der Waals surface area contributed by atoms with Crippen molar-refractivity contribution < 1.29 is 14.7 Å². The number of amides is 2. The van der Waals surface area contributed by atoms with E-state index in [1.165, 1.54) is 19.1 Å². The summed E-state index contributed by atoms with van der Waals surface area (Å²) in [5.74, 6) is 0.0865. The molecule has 5 nitrogen and oxygen atoms in total. The molecule has 0 heterocycles. The maximum Gasteiger partial charge on any atom is 0.257 e. The van der Waals surface area contributed by atoms with Gasteiger partial charge in [0, 0.05) is 26.2 Å². The van der Waals surface area contributed by atoms with E-state index in [0.717, 1.165) is 12.8 Å². The van der Waals surface area contributed by atoms with Crippen LogP contribution in [-0.2, 0) is 4.79 Å². The first-order valence-corrected chi connectivity index (χ1v) is 6.33. The second-order valence-electron chi connectivity index (χ2n) is 5.04. The molecule has 0 saturated heterocycles. The van der Waals surface area contributed by atoms with Crippen molar-refractivity contribution in [2.75, 3.05) is 18.9 Å². The molecule has 1 aliphatic rings. The number of anilines is 1. The highest BCUT2D eigenvalue weighted by Crippen LogP contribution is 2.30. The van der Waals surface area contributed by atoms with Crippen LogP contribution in [0.3, 0.4) is 0 Å². The van der Waals surface area contributed by atoms with E-state index in [1.54, 1.807) is 18.0 Å². The van der Waals surface area contributed by atoms with Crippen LogP contribution in [-0.4, -0.2) is 35.4 Å². The SMILES string of the molecule is CC(=O)Nc1ccc(O)c(C(=O)N(C)CC2CC2)c1. The Hall–Kier alpha value is -2.04. The quantitative estimate of drug-likeness (QED) is 0.813. The molecule has 2 N–H and O–H groups in total. The van der Waals surface area contributed by atoms with Crippen LogP contribution in [0.15, 0.2) is 18.2 Å². The van der Waals surface area contributed by atoms with Crippen molar-refractivity contribution in [1.29, 1.82) is 0 Å². The van der Waals surface area contributed by atoms with E-state index in [1.807, 2.05) is 0 Å². The number of nitrogens with one attached hydrogen (secondary N) is 1. The molecule has 0 bridgehead atoms. The summed E-state index contributed by atoms with van der Waals surface area (Å²) in [7, 11) is 1.73. The molecule has 2 rings (SSSR count). The first-order valence-electron chi connectivity index (χ1n) is 6.33. The van der Waals surface area contributed by atoms with Gasteiger partial charge in [-0.3, -0.25) is 9.59 Å². The molecule has 2 amide bonds. The van der Waals surface area contributed by atoms with Gasteiger partial charge in [0.15, 0.2) is 0 Å². The third-order valence-electron chi connectivity index (χ3n) is 3.12. The summed E-state index contributed by atoms with van der Waals surface area (Å²) in [6.45, 7) is 2.11. The van der Waals surface area contributed by atoms with E-state index in [0.29, 0.717) is 18.2 Å². The van der Waals surface area contributed by atoms with Crippen molar-refractivity contribution in [1.82, 2.24) is 4.90 Å². The summed E-state index contributed by atoms with van der Waals surface area (Å²) in [5, 5.41) is 12.4. The highest BCUT2D eigenvalue weighted by atomic mass is 16.3. The van der Waals surface area contributed by atoms with Gasteiger partial charge in [0.2, 0.25) is 5.91 Å². The summed E-state index contributed by atoms with van der Waals surface area (Å²) in [6.07, 6.45) is 2.32. The number of nitrogens with zero attached hydrogens (tertiary/aromatic N) is 1. The molecule has 19 heavy (non-hydrogen) atoms. The molecule has 0 atom stereocenters. The Labute approximate surface area is 112 Å². The number of phenolic OH excluding ortho intramolecular Hbond substituents is 1. The van der Waals surface area contributed by atoms with Crippen LogP contribution in [0.2, 0.25) is 0 Å². The van der Waals surface area contributed by atoms with E-state index >= 15 is 0 Å². The maximum atomic E-state index is 12.2. The van der Waals surface area contributed by atoms with Crippen LogP contribution in [0.5, 0.6) is 5.75 Å². The lowest BCUT2D eigenvalue weighted by molar-refractivity contribution is -0.114. The van der Waals surface area contributed by atoms with Gasteiger partial charge in [-0.2, -0.15) is 0 Å². The number of phenols is 1. The Kier molecular flexibility index (Phi) is 3.74. The highest BCUT2D eigenvalue weighted by molar-refractivity contribution is 5.99. The molecule has 0 spiro atoms. The van der Waals surface area contributed by atoms with Crippen LogP contribution < -0.4 is 5.32 Å². The molecule has 0 radical (unpaired) electrons. The molecule has 1 aliphatic carbocycles. The molecular weight excluding hydrogens is 244 g/mol. The molecule has 102 valence electrons. The second kappa shape index (κ2) is 5.30. The van der Waals surface area contributed by atoms with Gasteiger partial charge < -0.3 is 15.3 Å². The Morgan fingerprint density at radius 2 is 2.11 bits per heavy atom. The smallest absolute Gasteiger partial charge is 0.257 e. The van der Waals surface area contributed by atoms with Crippen LogP contribution in [0.1, 0.15) is 30.1 Å². The molecular formula is C14H18N2O3. The fraction of sp³-hybridized carbons (Fsp3) is 0.429. The van der Waals surface area contributed by atoms with Gasteiger partial charge in [-0.25, -0.2) is 0 Å². The number of carbonyl (C=O) groups is 2. The Morgan fingerprint density at radius 1 is 1.42 bits per heavy atom. The highest BCUT2D eigenvalue weighted by Gasteiger charge is 2.26. The average Bonchev–Trinajstić information content (AvgIpc) is 3.14. The summed E-state index contributed by atoms with van der Waals surface area (Å²) >= 11 is 0. The van der Waals surface area contributed by atoms with Crippen molar-refractivity contribution in [3.63, 3.8) is 0 Å². The Bertz CT molecular complexity index is 509. The zero-order valence-corrected chi connectivity index (χ0v) is 11.1. The first-order chi connectivity index (χ1) is 8.97. The summed E-state index contributed by atoms with van der Waals surface area (Å²) in [5.41, 5.74) is 0.725. The summed E-state index contributed by atoms with van der Waals surface area (Å²) in [4.78, 5) is 24.8. The lowest BCUT2D eigenvalue weighted by Gasteiger charge is -2.18. The standard InChI is InChI=1S/C14H18N2O3/c1-9(17)15-11-5-6-13(18)12(7-11)14(19)16(2)8-10-3-4-10/h5-7,10,18H,3-4,8H2,1-2H3,(H,15,17). The molecule has 0 aromatic heterocycles. The van der Waals surface area contributed by atoms with E-state index in [2.05, 4.69) is 5.32 Å². The number of rotatable bonds is 4. The van der Waals surface area contributed by atoms with Crippen LogP contribution in [0.4, 0.5) is 5.69 Å². The molecule has 1 aromatic carbocycles. The van der Waals surface area contributed by atoms with Gasteiger partial charge in [-0.15, -0.1) is 0 Å². The van der Waals surface area contributed by atoms with Gasteiger partial charge in [0.25, 0.3) is 5.91 Å². The molecule has 1 aromatic rings. The zero-order chi connectivity index (χ0) is 14.0. The number of hydrogen-bond donors (Lipinski definition) is 2. The van der Waals surface area contributed by atoms with Crippen LogP contribution in [0.25, 0.3) is 0 Å². The van der Waals surface area contributed by atoms with Crippen LogP contribution >= 0.6 is 0 Å². The third-order valence-corrected chi connectivity index (χ3v) is 3.12. The minimum absolute atomic E-state index is 0.0678. The Morgan fingerprint density at radius 3 is 2.68 bits per heavy atom. The third kappa shape index (κ3) is 3.47. The van der Waals surface area contributed by atoms with Crippen molar-refractivity contribution in [2.45, 2.75) is 19.8 Å². The van der Waals surface area contributed by atoms with Crippen LogP contribution in [0, 0.1) is 5.92 Å². The normalized spacial score (nSPS) is 14.0. The molecule has 0 aliphatic heterocycles. The molecule has 1 saturated carbocycles. The largest absolute Gasteiger partial charge is 0.507 e. The van der Waals surface area contributed by atoms with Gasteiger partial charge >= 0.3 is 0 Å². The first kappa shape index (κ1) is 13.4. The van der Waals surface area contributed by atoms with Crippen molar-refractivity contribution in [3.8, 4) is 5.75 Å². The molecule has 1 fully saturated rings. The minimum Gasteiger partial charge on any atom is -0.507 e. The lowest BCUT2D eigenvalue weighted by Crippen LogP contribution is -2.28. The van der Waals surface area contributed by atoms with E-state index in [-0.39, 0.29) is 23.1 Å². The zero-order valence-electron chi connectivity index (χ0n) is 11.1. The number of aromatic hydroxyl groups is 1. The van der Waals surface area contributed by atoms with Crippen molar-refractivity contribution >= 4 is 17.5 Å². The second-order valence-corrected chi connectivity index (χ2v) is 5.04. The van der Waals surface area contributed by atoms with E-state index in [9.17, 15) is 14.7 Å². The summed E-state index contributed by atoms with van der Waals surface area (Å²) < 4.78 is 0. The summed E-state index contributed by atoms with van der Waals surface area (Å²) in [6, 6.07) is 4.49. The molecule has 0 unspecified atom stereocenters. The fourth-order valence-electron chi connectivity index (χ4n) is 1.96. The van der Waals surface area contributed by atoms with Gasteiger partial charge in [0.1, 0.15) is 5.75 Å². The lowest BCUT2D eigenvalue weighted by atomic mass is 10.1.